The number of piperidine rings is 1. The normalized spacial score (nSPS) is 44.2. The lowest BCUT2D eigenvalue weighted by molar-refractivity contribution is -0.168. The van der Waals surface area contributed by atoms with Crippen molar-refractivity contribution in [2.75, 3.05) is 19.6 Å². The smallest absolute Gasteiger partial charge is 0.322 e. The standard InChI is InChI=1S/C9H14N2O2/c12-9(13)8-1-2-11(8)10-4-6-3-7(6)5-10/h6-8H,1-5H2,(H,12,13)/t6-,7-,8?/m0/s1. The topological polar surface area (TPSA) is 43.8 Å². The van der Waals surface area contributed by atoms with Crippen LogP contribution in [0.4, 0.5) is 0 Å². The van der Waals surface area contributed by atoms with E-state index in [2.05, 4.69) is 5.01 Å². The first kappa shape index (κ1) is 7.76. The van der Waals surface area contributed by atoms with Crippen molar-refractivity contribution in [3.05, 3.63) is 0 Å². The molecule has 0 aromatic rings. The van der Waals surface area contributed by atoms with E-state index in [1.807, 2.05) is 5.01 Å². The molecular formula is C9H14N2O2. The Balaban J connectivity index is 1.63. The van der Waals surface area contributed by atoms with Crippen molar-refractivity contribution >= 4 is 5.97 Å². The maximum Gasteiger partial charge on any atom is 0.322 e. The highest BCUT2D eigenvalue weighted by Crippen LogP contribution is 2.46. The Morgan fingerprint density at radius 3 is 2.46 bits per heavy atom. The zero-order valence-electron chi connectivity index (χ0n) is 7.52. The summed E-state index contributed by atoms with van der Waals surface area (Å²) in [5.41, 5.74) is 0. The van der Waals surface area contributed by atoms with Crippen LogP contribution < -0.4 is 0 Å². The van der Waals surface area contributed by atoms with Crippen LogP contribution in [0.5, 0.6) is 0 Å². The summed E-state index contributed by atoms with van der Waals surface area (Å²) in [5.74, 6) is 1.11. The van der Waals surface area contributed by atoms with Gasteiger partial charge in [-0.2, -0.15) is 0 Å². The SMILES string of the molecule is O=C(O)C1CCN1N1C[C@@H]2C[C@H]2C1. The molecule has 0 aromatic carbocycles. The Bertz CT molecular complexity index is 246. The van der Waals surface area contributed by atoms with Gasteiger partial charge in [-0.15, -0.1) is 0 Å². The fourth-order valence-corrected chi connectivity index (χ4v) is 2.55. The number of rotatable bonds is 2. The van der Waals surface area contributed by atoms with Crippen molar-refractivity contribution in [1.82, 2.24) is 10.0 Å². The molecule has 3 rings (SSSR count). The van der Waals surface area contributed by atoms with Gasteiger partial charge in [-0.3, -0.25) is 4.79 Å². The molecule has 3 aliphatic rings. The molecule has 3 fully saturated rings. The largest absolute Gasteiger partial charge is 0.480 e. The fraction of sp³-hybridized carbons (Fsp3) is 0.889. The molecule has 4 heteroatoms. The van der Waals surface area contributed by atoms with E-state index in [4.69, 9.17) is 5.11 Å². The minimum Gasteiger partial charge on any atom is -0.480 e. The van der Waals surface area contributed by atoms with Crippen molar-refractivity contribution < 1.29 is 9.90 Å². The maximum absolute atomic E-state index is 10.8. The first-order chi connectivity index (χ1) is 6.25. The zero-order valence-corrected chi connectivity index (χ0v) is 7.52. The molecule has 3 atom stereocenters. The Morgan fingerprint density at radius 2 is 2.00 bits per heavy atom. The zero-order chi connectivity index (χ0) is 9.00. The van der Waals surface area contributed by atoms with Crippen molar-refractivity contribution in [2.24, 2.45) is 11.8 Å². The predicted molar refractivity (Wildman–Crippen MR) is 45.9 cm³/mol. The molecule has 1 saturated carbocycles. The molecule has 2 heterocycles. The third-order valence-corrected chi connectivity index (χ3v) is 3.60. The van der Waals surface area contributed by atoms with Crippen LogP contribution in [0.1, 0.15) is 12.8 Å². The van der Waals surface area contributed by atoms with E-state index in [-0.39, 0.29) is 6.04 Å². The molecule has 2 aliphatic heterocycles. The van der Waals surface area contributed by atoms with Crippen LogP contribution in [0.2, 0.25) is 0 Å². The molecule has 13 heavy (non-hydrogen) atoms. The number of hydrogen-bond donors (Lipinski definition) is 1. The average Bonchev–Trinajstić information content (AvgIpc) is 2.55. The van der Waals surface area contributed by atoms with Gasteiger partial charge in [0, 0.05) is 19.6 Å². The van der Waals surface area contributed by atoms with Gasteiger partial charge in [0.25, 0.3) is 0 Å². The van der Waals surface area contributed by atoms with E-state index in [1.54, 1.807) is 0 Å². The second kappa shape index (κ2) is 2.45. The number of hydrazine groups is 1. The number of carbonyl (C=O) groups is 1. The number of hydrogen-bond acceptors (Lipinski definition) is 3. The van der Waals surface area contributed by atoms with E-state index in [9.17, 15) is 4.79 Å². The lowest BCUT2D eigenvalue weighted by Gasteiger charge is -2.44. The highest BCUT2D eigenvalue weighted by atomic mass is 16.4. The Morgan fingerprint density at radius 1 is 1.31 bits per heavy atom. The van der Waals surface area contributed by atoms with Crippen LogP contribution in [0.25, 0.3) is 0 Å². The van der Waals surface area contributed by atoms with Crippen molar-refractivity contribution in [3.63, 3.8) is 0 Å². The number of nitrogens with zero attached hydrogens (tertiary/aromatic N) is 2. The second-order valence-electron chi connectivity index (χ2n) is 4.43. The molecule has 4 nitrogen and oxygen atoms in total. The van der Waals surface area contributed by atoms with E-state index in [0.717, 1.165) is 37.9 Å². The highest BCUT2D eigenvalue weighted by molar-refractivity contribution is 5.74. The predicted octanol–water partition coefficient (Wildman–Crippen LogP) is 0.0120. The number of aliphatic carboxylic acids is 1. The first-order valence-electron chi connectivity index (χ1n) is 5.00. The molecular weight excluding hydrogens is 168 g/mol. The quantitative estimate of drug-likeness (QED) is 0.653. The van der Waals surface area contributed by atoms with E-state index in [0.29, 0.717) is 0 Å². The number of carboxylic acids is 1. The Hall–Kier alpha value is -0.610. The van der Waals surface area contributed by atoms with Crippen LogP contribution in [-0.4, -0.2) is 46.8 Å². The number of fused-ring (bicyclic) bond motifs is 1. The summed E-state index contributed by atoms with van der Waals surface area (Å²) in [6.07, 6.45) is 2.20. The molecule has 1 unspecified atom stereocenters. The molecule has 0 radical (unpaired) electrons. The summed E-state index contributed by atoms with van der Waals surface area (Å²) < 4.78 is 0. The molecule has 1 aliphatic carbocycles. The van der Waals surface area contributed by atoms with Crippen LogP contribution in [0.15, 0.2) is 0 Å². The molecule has 0 aromatic heterocycles. The van der Waals surface area contributed by atoms with Crippen molar-refractivity contribution in [1.29, 1.82) is 0 Å². The summed E-state index contributed by atoms with van der Waals surface area (Å²) in [6, 6.07) is -0.225. The molecule has 0 bridgehead atoms. The van der Waals surface area contributed by atoms with Crippen molar-refractivity contribution in [2.45, 2.75) is 18.9 Å². The summed E-state index contributed by atoms with van der Waals surface area (Å²) in [7, 11) is 0. The Kier molecular flexibility index (Phi) is 1.46. The van der Waals surface area contributed by atoms with Gasteiger partial charge >= 0.3 is 5.97 Å². The van der Waals surface area contributed by atoms with Gasteiger partial charge in [0.15, 0.2) is 0 Å². The van der Waals surface area contributed by atoms with Crippen LogP contribution in [-0.2, 0) is 4.79 Å². The molecule has 2 saturated heterocycles. The van der Waals surface area contributed by atoms with Gasteiger partial charge in [-0.25, -0.2) is 10.0 Å². The summed E-state index contributed by atoms with van der Waals surface area (Å²) >= 11 is 0. The summed E-state index contributed by atoms with van der Waals surface area (Å²) in [6.45, 7) is 3.15. The minimum atomic E-state index is -0.660. The maximum atomic E-state index is 10.8. The van der Waals surface area contributed by atoms with Gasteiger partial charge in [0.1, 0.15) is 6.04 Å². The summed E-state index contributed by atoms with van der Waals surface area (Å²) in [5, 5.41) is 13.2. The monoisotopic (exact) mass is 182 g/mol. The minimum absolute atomic E-state index is 0.225. The summed E-state index contributed by atoms with van der Waals surface area (Å²) in [4.78, 5) is 10.8. The van der Waals surface area contributed by atoms with Gasteiger partial charge < -0.3 is 5.11 Å². The average molecular weight is 182 g/mol. The molecule has 0 amide bonds. The van der Waals surface area contributed by atoms with E-state index >= 15 is 0 Å². The first-order valence-corrected chi connectivity index (χ1v) is 5.00. The third-order valence-electron chi connectivity index (χ3n) is 3.60. The van der Waals surface area contributed by atoms with Crippen LogP contribution in [0.3, 0.4) is 0 Å². The third kappa shape index (κ3) is 1.09. The number of carboxylic acid groups (broad SMARTS) is 1. The van der Waals surface area contributed by atoms with E-state index in [1.165, 1.54) is 6.42 Å². The molecule has 1 N–H and O–H groups in total. The van der Waals surface area contributed by atoms with Gasteiger partial charge in [-0.05, 0) is 24.7 Å². The van der Waals surface area contributed by atoms with E-state index < -0.39 is 5.97 Å². The van der Waals surface area contributed by atoms with Crippen molar-refractivity contribution in [3.8, 4) is 0 Å². The molecule has 72 valence electrons. The van der Waals surface area contributed by atoms with Gasteiger partial charge in [0.2, 0.25) is 0 Å². The highest BCUT2D eigenvalue weighted by Gasteiger charge is 2.50. The molecule has 0 spiro atoms. The lowest BCUT2D eigenvalue weighted by Crippen LogP contribution is -2.60. The lowest BCUT2D eigenvalue weighted by atomic mass is 10.1. The van der Waals surface area contributed by atoms with Gasteiger partial charge in [-0.1, -0.05) is 0 Å². The Labute approximate surface area is 77.1 Å². The second-order valence-corrected chi connectivity index (χ2v) is 4.43. The van der Waals surface area contributed by atoms with Gasteiger partial charge in [0.05, 0.1) is 0 Å². The van der Waals surface area contributed by atoms with Crippen LogP contribution >= 0.6 is 0 Å². The fourth-order valence-electron chi connectivity index (χ4n) is 2.55. The van der Waals surface area contributed by atoms with Crippen LogP contribution in [0, 0.1) is 11.8 Å².